The van der Waals surface area contributed by atoms with Gasteiger partial charge in [0.15, 0.2) is 0 Å². The maximum atomic E-state index is 11.8. The van der Waals surface area contributed by atoms with E-state index < -0.39 is 12.0 Å². The fourth-order valence-corrected chi connectivity index (χ4v) is 3.76. The number of ether oxygens (including phenoxy) is 1. The van der Waals surface area contributed by atoms with Crippen molar-refractivity contribution in [3.8, 4) is 5.75 Å². The summed E-state index contributed by atoms with van der Waals surface area (Å²) >= 11 is 6.02. The van der Waals surface area contributed by atoms with Gasteiger partial charge in [-0.25, -0.2) is 0 Å². The molecule has 6 heteroatoms. The predicted octanol–water partition coefficient (Wildman–Crippen LogP) is 5.19. The predicted molar refractivity (Wildman–Crippen MR) is 122 cm³/mol. The van der Waals surface area contributed by atoms with Crippen molar-refractivity contribution in [2.24, 2.45) is 0 Å². The number of H-pyrrole nitrogens is 1. The maximum absolute atomic E-state index is 11.8. The lowest BCUT2D eigenvalue weighted by atomic mass is 10.0. The molecule has 0 aliphatic heterocycles. The molecule has 4 rings (SSSR count). The molecule has 0 saturated heterocycles. The van der Waals surface area contributed by atoms with E-state index in [-0.39, 0.29) is 0 Å². The van der Waals surface area contributed by atoms with Crippen LogP contribution in [0.15, 0.2) is 79.0 Å². The third-order valence-electron chi connectivity index (χ3n) is 5.14. The smallest absolute Gasteiger partial charge is 0.321 e. The second kappa shape index (κ2) is 9.69. The molecule has 3 N–H and O–H groups in total. The van der Waals surface area contributed by atoms with Gasteiger partial charge in [0.05, 0.1) is 0 Å². The summed E-state index contributed by atoms with van der Waals surface area (Å²) in [5, 5.41) is 14.6. The van der Waals surface area contributed by atoms with Crippen molar-refractivity contribution in [1.29, 1.82) is 0 Å². The second-order valence-corrected chi connectivity index (χ2v) is 7.84. The van der Waals surface area contributed by atoms with E-state index >= 15 is 0 Å². The molecule has 3 aromatic carbocycles. The van der Waals surface area contributed by atoms with Gasteiger partial charge in [-0.1, -0.05) is 54.1 Å². The zero-order valence-electron chi connectivity index (χ0n) is 16.8. The first-order valence-electron chi connectivity index (χ1n) is 10.1. The lowest BCUT2D eigenvalue weighted by Gasteiger charge is -2.15. The van der Waals surface area contributed by atoms with Crippen molar-refractivity contribution >= 4 is 28.5 Å². The number of nitrogens with one attached hydrogen (secondary N) is 2. The van der Waals surface area contributed by atoms with Crippen LogP contribution in [0.4, 0.5) is 0 Å². The van der Waals surface area contributed by atoms with Crippen LogP contribution in [0.5, 0.6) is 5.75 Å². The first-order chi connectivity index (χ1) is 15.1. The number of benzene rings is 3. The summed E-state index contributed by atoms with van der Waals surface area (Å²) in [5.41, 5.74) is 3.93. The number of rotatable bonds is 9. The van der Waals surface area contributed by atoms with E-state index in [1.165, 1.54) is 0 Å². The summed E-state index contributed by atoms with van der Waals surface area (Å²) in [4.78, 5) is 15.0. The highest BCUT2D eigenvalue weighted by atomic mass is 35.5. The zero-order chi connectivity index (χ0) is 21.6. The first kappa shape index (κ1) is 21.0. The van der Waals surface area contributed by atoms with Gasteiger partial charge in [0.1, 0.15) is 18.4 Å². The Balaban J connectivity index is 1.38. The number of halogens is 1. The highest BCUT2D eigenvalue weighted by Crippen LogP contribution is 2.20. The Kier molecular flexibility index (Phi) is 6.55. The van der Waals surface area contributed by atoms with Crippen LogP contribution in [0.3, 0.4) is 0 Å². The number of para-hydroxylation sites is 1. The van der Waals surface area contributed by atoms with E-state index in [0.29, 0.717) is 24.6 Å². The number of carboxylic acids is 1. The van der Waals surface area contributed by atoms with Crippen LogP contribution in [-0.4, -0.2) is 22.1 Å². The molecule has 31 heavy (non-hydrogen) atoms. The molecule has 158 valence electrons. The summed E-state index contributed by atoms with van der Waals surface area (Å²) in [7, 11) is 0. The molecule has 0 aliphatic rings. The molecule has 0 fully saturated rings. The minimum absolute atomic E-state index is 0.393. The van der Waals surface area contributed by atoms with Crippen molar-refractivity contribution in [1.82, 2.24) is 10.3 Å². The topological polar surface area (TPSA) is 74.3 Å². The molecule has 4 aromatic rings. The van der Waals surface area contributed by atoms with E-state index in [9.17, 15) is 9.90 Å². The monoisotopic (exact) mass is 434 g/mol. The van der Waals surface area contributed by atoms with Crippen LogP contribution < -0.4 is 10.1 Å². The van der Waals surface area contributed by atoms with E-state index in [1.54, 1.807) is 0 Å². The number of hydrogen-bond acceptors (Lipinski definition) is 3. The Labute approximate surface area is 185 Å². The molecule has 5 nitrogen and oxygen atoms in total. The van der Waals surface area contributed by atoms with Gasteiger partial charge in [-0.15, -0.1) is 0 Å². The summed E-state index contributed by atoms with van der Waals surface area (Å²) in [5.74, 6) is -0.151. The Morgan fingerprint density at radius 2 is 1.84 bits per heavy atom. The van der Waals surface area contributed by atoms with Crippen molar-refractivity contribution in [2.75, 3.05) is 0 Å². The lowest BCUT2D eigenvalue weighted by molar-refractivity contribution is -0.139. The molecule has 1 heterocycles. The molecular weight excluding hydrogens is 412 g/mol. The minimum atomic E-state index is -0.876. The van der Waals surface area contributed by atoms with E-state index in [2.05, 4.69) is 10.3 Å². The van der Waals surface area contributed by atoms with Gasteiger partial charge in [0, 0.05) is 35.1 Å². The van der Waals surface area contributed by atoms with Crippen LogP contribution in [0.1, 0.15) is 16.7 Å². The van der Waals surface area contributed by atoms with Crippen molar-refractivity contribution in [3.63, 3.8) is 0 Å². The number of aromatic nitrogens is 1. The molecule has 1 unspecified atom stereocenters. The number of hydrogen-bond donors (Lipinski definition) is 3. The normalized spacial score (nSPS) is 12.0. The highest BCUT2D eigenvalue weighted by molar-refractivity contribution is 6.30. The van der Waals surface area contributed by atoms with Crippen molar-refractivity contribution < 1.29 is 14.6 Å². The molecule has 0 spiro atoms. The highest BCUT2D eigenvalue weighted by Gasteiger charge is 2.19. The fraction of sp³-hybridized carbons (Fsp3) is 0.160. The van der Waals surface area contributed by atoms with Crippen LogP contribution in [-0.2, 0) is 24.4 Å². The van der Waals surface area contributed by atoms with Gasteiger partial charge in [-0.2, -0.15) is 0 Å². The van der Waals surface area contributed by atoms with Gasteiger partial charge in [-0.05, 0) is 47.0 Å². The molecule has 0 amide bonds. The standard InChI is InChI=1S/C25H23ClN2O3/c26-20-7-3-6-18(11-20)16-31-21-8-4-5-17(12-21)14-27-24(25(29)30)13-19-15-28-23-10-2-1-9-22(19)23/h1-12,15,24,27-28H,13-14,16H2,(H,29,30). The molecule has 0 saturated carbocycles. The van der Waals surface area contributed by atoms with Crippen LogP contribution in [0.2, 0.25) is 5.02 Å². The molecule has 0 bridgehead atoms. The van der Waals surface area contributed by atoms with Crippen molar-refractivity contribution in [2.45, 2.75) is 25.6 Å². The number of fused-ring (bicyclic) bond motifs is 1. The molecule has 0 aliphatic carbocycles. The summed E-state index contributed by atoms with van der Waals surface area (Å²) in [6, 6.07) is 22.4. The second-order valence-electron chi connectivity index (χ2n) is 7.40. The van der Waals surface area contributed by atoms with E-state index in [0.717, 1.165) is 33.3 Å². The summed E-state index contributed by atoms with van der Waals surface area (Å²) in [6.45, 7) is 0.837. The third-order valence-corrected chi connectivity index (χ3v) is 5.38. The third kappa shape index (κ3) is 5.45. The van der Waals surface area contributed by atoms with Gasteiger partial charge < -0.3 is 20.1 Å². The Morgan fingerprint density at radius 1 is 1.03 bits per heavy atom. The average molecular weight is 435 g/mol. The Bertz CT molecular complexity index is 1190. The molecule has 1 aromatic heterocycles. The van der Waals surface area contributed by atoms with Crippen molar-refractivity contribution in [3.05, 3.63) is 101 Å². The Hall–Kier alpha value is -3.28. The largest absolute Gasteiger partial charge is 0.489 e. The van der Waals surface area contributed by atoms with Gasteiger partial charge in [0.25, 0.3) is 0 Å². The lowest BCUT2D eigenvalue weighted by Crippen LogP contribution is -2.38. The van der Waals surface area contributed by atoms with Gasteiger partial charge in [-0.3, -0.25) is 4.79 Å². The molecule has 1 atom stereocenters. The zero-order valence-corrected chi connectivity index (χ0v) is 17.6. The van der Waals surface area contributed by atoms with Crippen LogP contribution >= 0.6 is 11.6 Å². The minimum Gasteiger partial charge on any atom is -0.489 e. The van der Waals surface area contributed by atoms with Gasteiger partial charge in [0.2, 0.25) is 0 Å². The fourth-order valence-electron chi connectivity index (χ4n) is 3.55. The number of aromatic amines is 1. The summed E-state index contributed by atoms with van der Waals surface area (Å²) < 4.78 is 5.87. The first-order valence-corrected chi connectivity index (χ1v) is 10.4. The van der Waals surface area contributed by atoms with Gasteiger partial charge >= 0.3 is 5.97 Å². The quantitative estimate of drug-likeness (QED) is 0.339. The van der Waals surface area contributed by atoms with Crippen LogP contribution in [0, 0.1) is 0 Å². The maximum Gasteiger partial charge on any atom is 0.321 e. The van der Waals surface area contributed by atoms with E-state index in [4.69, 9.17) is 16.3 Å². The summed E-state index contributed by atoms with van der Waals surface area (Å²) in [6.07, 6.45) is 2.27. The van der Waals surface area contributed by atoms with Crippen LogP contribution in [0.25, 0.3) is 10.9 Å². The molecular formula is C25H23ClN2O3. The number of carboxylic acid groups (broad SMARTS) is 1. The SMILES string of the molecule is O=C(O)C(Cc1c[nH]c2ccccc12)NCc1cccc(OCc2cccc(Cl)c2)c1. The molecule has 0 radical (unpaired) electrons. The Morgan fingerprint density at radius 3 is 2.68 bits per heavy atom. The number of aliphatic carboxylic acids is 1. The van der Waals surface area contributed by atoms with E-state index in [1.807, 2.05) is 79.0 Å². The average Bonchev–Trinajstić information content (AvgIpc) is 3.18. The number of carbonyl (C=O) groups is 1.